The Morgan fingerprint density at radius 1 is 1.30 bits per heavy atom. The Balaban J connectivity index is 2.00. The van der Waals surface area contributed by atoms with Crippen LogP contribution in [0.5, 0.6) is 0 Å². The quantitative estimate of drug-likeness (QED) is 0.868. The summed E-state index contributed by atoms with van der Waals surface area (Å²) in [6, 6.07) is 10.3. The van der Waals surface area contributed by atoms with Gasteiger partial charge < -0.3 is 5.11 Å². The number of hydrogen-bond donors (Lipinski definition) is 1. The molecule has 0 fully saturated rings. The molecule has 2 nitrogen and oxygen atoms in total. The molecule has 1 heterocycles. The summed E-state index contributed by atoms with van der Waals surface area (Å²) >= 11 is 7.24. The molecule has 0 saturated carbocycles. The number of benzene rings is 1. The van der Waals surface area contributed by atoms with E-state index in [0.717, 1.165) is 11.4 Å². The number of aliphatic hydroxyl groups is 1. The van der Waals surface area contributed by atoms with Gasteiger partial charge in [-0.3, -0.25) is 4.90 Å². The van der Waals surface area contributed by atoms with Crippen molar-refractivity contribution in [2.45, 2.75) is 19.6 Å². The summed E-state index contributed by atoms with van der Waals surface area (Å²) in [5, 5.41) is 10.2. The van der Waals surface area contributed by atoms with Crippen LogP contribution in [0.2, 0.25) is 4.34 Å². The first kappa shape index (κ1) is 15.4. The Morgan fingerprint density at radius 2 is 2.05 bits per heavy atom. The van der Waals surface area contributed by atoms with E-state index in [2.05, 4.69) is 0 Å². The minimum Gasteiger partial charge on any atom is -0.386 e. The van der Waals surface area contributed by atoms with Crippen LogP contribution in [0.1, 0.15) is 23.5 Å². The molecule has 20 heavy (non-hydrogen) atoms. The van der Waals surface area contributed by atoms with Gasteiger partial charge in [-0.2, -0.15) is 0 Å². The molecule has 0 saturated heterocycles. The van der Waals surface area contributed by atoms with E-state index in [1.165, 1.54) is 17.4 Å². The molecule has 1 unspecified atom stereocenters. The van der Waals surface area contributed by atoms with Crippen molar-refractivity contribution in [1.29, 1.82) is 0 Å². The lowest BCUT2D eigenvalue weighted by atomic mass is 10.2. The Bertz CT molecular complexity index is 560. The van der Waals surface area contributed by atoms with Gasteiger partial charge in [0.15, 0.2) is 0 Å². The Hall–Kier alpha value is -0.940. The van der Waals surface area contributed by atoms with Crippen molar-refractivity contribution in [3.05, 3.63) is 57.0 Å². The number of halogens is 2. The smallest absolute Gasteiger partial charge is 0.127 e. The molecule has 0 spiro atoms. The monoisotopic (exact) mass is 313 g/mol. The predicted molar refractivity (Wildman–Crippen MR) is 81.6 cm³/mol. The van der Waals surface area contributed by atoms with Crippen molar-refractivity contribution in [3.63, 3.8) is 0 Å². The molecule has 0 amide bonds. The van der Waals surface area contributed by atoms with E-state index in [4.69, 9.17) is 11.6 Å². The number of thiophene rings is 1. The molecule has 0 bridgehead atoms. The van der Waals surface area contributed by atoms with Crippen LogP contribution >= 0.6 is 22.9 Å². The van der Waals surface area contributed by atoms with E-state index in [0.29, 0.717) is 23.0 Å². The molecular formula is C15H17ClFNOS. The summed E-state index contributed by atoms with van der Waals surface area (Å²) in [4.78, 5) is 2.85. The Kier molecular flexibility index (Phi) is 5.54. The van der Waals surface area contributed by atoms with Gasteiger partial charge in [0.1, 0.15) is 11.9 Å². The lowest BCUT2D eigenvalue weighted by molar-refractivity contribution is 0.114. The van der Waals surface area contributed by atoms with Crippen LogP contribution < -0.4 is 0 Å². The Morgan fingerprint density at radius 3 is 2.65 bits per heavy atom. The minimum atomic E-state index is -0.598. The van der Waals surface area contributed by atoms with Gasteiger partial charge in [-0.1, -0.05) is 36.7 Å². The zero-order chi connectivity index (χ0) is 14.5. The van der Waals surface area contributed by atoms with Crippen molar-refractivity contribution < 1.29 is 9.50 Å². The highest BCUT2D eigenvalue weighted by Crippen LogP contribution is 2.27. The molecule has 1 N–H and O–H groups in total. The van der Waals surface area contributed by atoms with Gasteiger partial charge >= 0.3 is 0 Å². The van der Waals surface area contributed by atoms with Gasteiger partial charge in [0.2, 0.25) is 0 Å². The van der Waals surface area contributed by atoms with Gasteiger partial charge in [0.25, 0.3) is 0 Å². The summed E-state index contributed by atoms with van der Waals surface area (Å²) < 4.78 is 14.3. The van der Waals surface area contributed by atoms with Gasteiger partial charge in [-0.25, -0.2) is 4.39 Å². The lowest BCUT2D eigenvalue weighted by Gasteiger charge is -2.23. The molecule has 5 heteroatoms. The molecule has 0 aliphatic heterocycles. The van der Waals surface area contributed by atoms with Crippen LogP contribution in [0, 0.1) is 5.82 Å². The van der Waals surface area contributed by atoms with Crippen LogP contribution in [-0.2, 0) is 6.54 Å². The second kappa shape index (κ2) is 7.18. The number of likely N-dealkylation sites (N-methyl/N-ethyl adjacent to an activating group) is 1. The second-order valence-corrected chi connectivity index (χ2v) is 6.32. The number of nitrogens with zero attached hydrogens (tertiary/aromatic N) is 1. The van der Waals surface area contributed by atoms with Gasteiger partial charge in [-0.15, -0.1) is 11.3 Å². The first-order chi connectivity index (χ1) is 9.60. The fraction of sp³-hybridized carbons (Fsp3) is 0.333. The molecule has 108 valence electrons. The fourth-order valence-electron chi connectivity index (χ4n) is 2.01. The standard InChI is InChI=1S/C15H17ClFNOS/c1-2-18(9-11-5-3-4-6-12(11)17)10-13(19)14-7-8-15(16)20-14/h3-8,13,19H,2,9-10H2,1H3. The minimum absolute atomic E-state index is 0.209. The van der Waals surface area contributed by atoms with Crippen molar-refractivity contribution in [1.82, 2.24) is 4.90 Å². The van der Waals surface area contributed by atoms with Crippen LogP contribution in [0.3, 0.4) is 0 Å². The van der Waals surface area contributed by atoms with E-state index in [-0.39, 0.29) is 5.82 Å². The zero-order valence-electron chi connectivity index (χ0n) is 11.2. The molecule has 0 aliphatic rings. The lowest BCUT2D eigenvalue weighted by Crippen LogP contribution is -2.28. The predicted octanol–water partition coefficient (Wildman–Crippen LogP) is 4.10. The van der Waals surface area contributed by atoms with Crippen molar-refractivity contribution in [2.75, 3.05) is 13.1 Å². The third kappa shape index (κ3) is 4.03. The molecule has 1 aromatic carbocycles. The first-order valence-corrected chi connectivity index (χ1v) is 7.68. The topological polar surface area (TPSA) is 23.5 Å². The van der Waals surface area contributed by atoms with Gasteiger partial charge in [0.05, 0.1) is 4.34 Å². The average molecular weight is 314 g/mol. The zero-order valence-corrected chi connectivity index (χ0v) is 12.8. The van der Waals surface area contributed by atoms with Crippen molar-refractivity contribution in [2.24, 2.45) is 0 Å². The summed E-state index contributed by atoms with van der Waals surface area (Å²) in [5.74, 6) is -0.209. The maximum atomic E-state index is 13.6. The van der Waals surface area contributed by atoms with E-state index < -0.39 is 6.10 Å². The molecule has 0 radical (unpaired) electrons. The van der Waals surface area contributed by atoms with E-state index in [1.54, 1.807) is 18.2 Å². The average Bonchev–Trinajstić information content (AvgIpc) is 2.87. The first-order valence-electron chi connectivity index (χ1n) is 6.49. The van der Waals surface area contributed by atoms with Crippen molar-refractivity contribution in [3.8, 4) is 0 Å². The van der Waals surface area contributed by atoms with Gasteiger partial charge in [-0.05, 0) is 24.7 Å². The highest BCUT2D eigenvalue weighted by atomic mass is 35.5. The fourth-order valence-corrected chi connectivity index (χ4v) is 3.05. The summed E-state index contributed by atoms with van der Waals surface area (Å²) in [6.07, 6.45) is -0.598. The molecule has 2 rings (SSSR count). The third-order valence-corrected chi connectivity index (χ3v) is 4.48. The van der Waals surface area contributed by atoms with Crippen LogP contribution in [-0.4, -0.2) is 23.1 Å². The highest BCUT2D eigenvalue weighted by molar-refractivity contribution is 7.16. The molecule has 1 atom stereocenters. The van der Waals surface area contributed by atoms with E-state index >= 15 is 0 Å². The molecule has 2 aromatic rings. The van der Waals surface area contributed by atoms with Crippen molar-refractivity contribution >= 4 is 22.9 Å². The largest absolute Gasteiger partial charge is 0.386 e. The Labute approximate surface area is 127 Å². The third-order valence-electron chi connectivity index (χ3n) is 3.15. The summed E-state index contributed by atoms with van der Waals surface area (Å²) in [6.45, 7) is 3.68. The normalized spacial score (nSPS) is 12.8. The maximum Gasteiger partial charge on any atom is 0.127 e. The summed E-state index contributed by atoms with van der Waals surface area (Å²) in [5.41, 5.74) is 0.644. The van der Waals surface area contributed by atoms with Crippen LogP contribution in [0.25, 0.3) is 0 Å². The highest BCUT2D eigenvalue weighted by Gasteiger charge is 2.15. The number of aliphatic hydroxyl groups excluding tert-OH is 1. The molecule has 0 aliphatic carbocycles. The van der Waals surface area contributed by atoms with Gasteiger partial charge in [0, 0.05) is 23.5 Å². The second-order valence-electron chi connectivity index (χ2n) is 4.58. The van der Waals surface area contributed by atoms with Crippen LogP contribution in [0.4, 0.5) is 4.39 Å². The summed E-state index contributed by atoms with van der Waals surface area (Å²) in [7, 11) is 0. The number of rotatable bonds is 6. The number of hydrogen-bond acceptors (Lipinski definition) is 3. The van der Waals surface area contributed by atoms with Crippen LogP contribution in [0.15, 0.2) is 36.4 Å². The van der Waals surface area contributed by atoms with E-state index in [9.17, 15) is 9.50 Å². The maximum absolute atomic E-state index is 13.6. The molecule has 1 aromatic heterocycles. The SMILES string of the molecule is CCN(Cc1ccccc1F)CC(O)c1ccc(Cl)s1. The van der Waals surface area contributed by atoms with E-state index in [1.807, 2.05) is 24.0 Å². The molecular weight excluding hydrogens is 297 g/mol.